The van der Waals surface area contributed by atoms with Gasteiger partial charge in [0.05, 0.1) is 11.5 Å². The molecule has 0 spiro atoms. The monoisotopic (exact) mass is 437 g/mol. The lowest BCUT2D eigenvalue weighted by atomic mass is 9.68. The van der Waals surface area contributed by atoms with Gasteiger partial charge < -0.3 is 9.64 Å². The average molecular weight is 438 g/mol. The van der Waals surface area contributed by atoms with E-state index in [1.807, 2.05) is 12.1 Å². The number of non-ortho nitro benzene ring substituents is 1. The van der Waals surface area contributed by atoms with Gasteiger partial charge in [-0.15, -0.1) is 0 Å². The first-order valence-corrected chi connectivity index (χ1v) is 12.4. The standard InChI is InChI=1S/C26H35N3O3/c30-29(31)21-12-10-20(11-13-21)23-19-28-17-5-8-24(28)22-7-4-9-25(26(22)23)32-18-6-16-27-14-2-1-3-15-27/h4,7,9-13,22-24,26H,1-3,5-6,8,14-19H2/t22?,23?,24-,26-/m1/s1. The zero-order valence-electron chi connectivity index (χ0n) is 18.9. The Labute approximate surface area is 191 Å². The molecule has 3 fully saturated rings. The van der Waals surface area contributed by atoms with Gasteiger partial charge in [0.2, 0.25) is 0 Å². The molecule has 4 atom stereocenters. The van der Waals surface area contributed by atoms with Gasteiger partial charge in [-0.1, -0.05) is 30.7 Å². The molecule has 0 N–H and O–H groups in total. The molecule has 1 aromatic rings. The van der Waals surface area contributed by atoms with Crippen molar-refractivity contribution in [3.05, 3.63) is 63.9 Å². The summed E-state index contributed by atoms with van der Waals surface area (Å²) < 4.78 is 6.46. The normalized spacial score (nSPS) is 30.4. The number of ether oxygens (including phenoxy) is 1. The molecule has 32 heavy (non-hydrogen) atoms. The van der Waals surface area contributed by atoms with E-state index in [9.17, 15) is 10.1 Å². The number of likely N-dealkylation sites (tertiary alicyclic amines) is 1. The van der Waals surface area contributed by atoms with Gasteiger partial charge in [-0.25, -0.2) is 0 Å². The second kappa shape index (κ2) is 9.75. The Balaban J connectivity index is 1.30. The maximum Gasteiger partial charge on any atom is 0.269 e. The Morgan fingerprint density at radius 3 is 2.66 bits per heavy atom. The van der Waals surface area contributed by atoms with Crippen LogP contribution in [-0.2, 0) is 4.74 Å². The van der Waals surface area contributed by atoms with Crippen molar-refractivity contribution in [2.75, 3.05) is 39.3 Å². The molecule has 4 aliphatic rings. The first kappa shape index (κ1) is 21.7. The van der Waals surface area contributed by atoms with Gasteiger partial charge in [0, 0.05) is 49.0 Å². The highest BCUT2D eigenvalue weighted by Gasteiger charge is 2.47. The molecule has 0 amide bonds. The van der Waals surface area contributed by atoms with Crippen LogP contribution in [0.3, 0.4) is 0 Å². The third kappa shape index (κ3) is 4.48. The van der Waals surface area contributed by atoms with Crippen LogP contribution in [0.4, 0.5) is 5.69 Å². The second-order valence-corrected chi connectivity index (χ2v) is 9.82. The van der Waals surface area contributed by atoms with Crippen molar-refractivity contribution < 1.29 is 9.66 Å². The van der Waals surface area contributed by atoms with Crippen LogP contribution in [0.1, 0.15) is 50.0 Å². The van der Waals surface area contributed by atoms with Gasteiger partial charge in [-0.05, 0) is 63.4 Å². The zero-order chi connectivity index (χ0) is 21.9. The van der Waals surface area contributed by atoms with Crippen molar-refractivity contribution in [2.24, 2.45) is 11.8 Å². The molecule has 6 nitrogen and oxygen atoms in total. The van der Waals surface area contributed by atoms with Gasteiger partial charge in [0.25, 0.3) is 5.69 Å². The average Bonchev–Trinajstić information content (AvgIpc) is 3.31. The quantitative estimate of drug-likeness (QED) is 0.350. The molecular formula is C26H35N3O3. The molecule has 1 aromatic carbocycles. The molecule has 3 aliphatic heterocycles. The van der Waals surface area contributed by atoms with Crippen molar-refractivity contribution in [1.82, 2.24) is 9.80 Å². The Kier molecular flexibility index (Phi) is 6.60. The number of nitrogens with zero attached hydrogens (tertiary/aromatic N) is 3. The molecule has 3 saturated heterocycles. The molecule has 1 aliphatic carbocycles. The summed E-state index contributed by atoms with van der Waals surface area (Å²) in [5, 5.41) is 11.1. The van der Waals surface area contributed by atoms with E-state index >= 15 is 0 Å². The summed E-state index contributed by atoms with van der Waals surface area (Å²) in [4.78, 5) is 16.0. The fourth-order valence-electron chi connectivity index (χ4n) is 6.38. The minimum atomic E-state index is -0.315. The molecule has 5 rings (SSSR count). The highest BCUT2D eigenvalue weighted by molar-refractivity contribution is 5.37. The van der Waals surface area contributed by atoms with E-state index in [4.69, 9.17) is 4.74 Å². The van der Waals surface area contributed by atoms with E-state index in [1.165, 1.54) is 50.8 Å². The minimum Gasteiger partial charge on any atom is -0.498 e. The molecule has 0 radical (unpaired) electrons. The van der Waals surface area contributed by atoms with Crippen LogP contribution in [0, 0.1) is 22.0 Å². The summed E-state index contributed by atoms with van der Waals surface area (Å²) in [6.45, 7) is 6.51. The number of nitro groups is 1. The van der Waals surface area contributed by atoms with E-state index in [0.717, 1.165) is 38.4 Å². The van der Waals surface area contributed by atoms with Crippen LogP contribution in [0.15, 0.2) is 48.3 Å². The number of piperidine rings is 2. The lowest BCUT2D eigenvalue weighted by Crippen LogP contribution is -2.50. The Morgan fingerprint density at radius 2 is 1.88 bits per heavy atom. The summed E-state index contributed by atoms with van der Waals surface area (Å²) in [5.41, 5.74) is 1.35. The fourth-order valence-corrected chi connectivity index (χ4v) is 6.38. The SMILES string of the molecule is O=[N+]([O-])c1ccc(C2CN3CCC[C@@H]3C3C=CC=C(OCCCN4CCCCC4)[C@@H]23)cc1. The van der Waals surface area contributed by atoms with Crippen molar-refractivity contribution in [3.63, 3.8) is 0 Å². The molecular weight excluding hydrogens is 402 g/mol. The van der Waals surface area contributed by atoms with Crippen molar-refractivity contribution >= 4 is 5.69 Å². The molecule has 3 heterocycles. The number of rotatable bonds is 7. The number of benzene rings is 1. The van der Waals surface area contributed by atoms with E-state index < -0.39 is 0 Å². The Bertz CT molecular complexity index is 860. The summed E-state index contributed by atoms with van der Waals surface area (Å²) in [7, 11) is 0. The molecule has 0 aromatic heterocycles. The van der Waals surface area contributed by atoms with E-state index in [2.05, 4.69) is 28.0 Å². The van der Waals surface area contributed by atoms with Crippen LogP contribution in [-0.4, -0.2) is 60.1 Å². The number of hydrogen-bond acceptors (Lipinski definition) is 5. The van der Waals surface area contributed by atoms with E-state index in [0.29, 0.717) is 23.8 Å². The van der Waals surface area contributed by atoms with Gasteiger partial charge in [0.1, 0.15) is 5.76 Å². The molecule has 0 saturated carbocycles. The third-order valence-corrected chi connectivity index (χ3v) is 7.93. The van der Waals surface area contributed by atoms with Gasteiger partial charge in [0.15, 0.2) is 0 Å². The van der Waals surface area contributed by atoms with Crippen LogP contribution in [0.25, 0.3) is 0 Å². The number of hydrogen-bond donors (Lipinski definition) is 0. The first-order chi connectivity index (χ1) is 15.7. The number of fused-ring (bicyclic) bond motifs is 3. The predicted molar refractivity (Wildman–Crippen MR) is 125 cm³/mol. The largest absolute Gasteiger partial charge is 0.498 e. The molecule has 0 bridgehead atoms. The third-order valence-electron chi connectivity index (χ3n) is 7.93. The Hall–Kier alpha value is -2.18. The van der Waals surface area contributed by atoms with Crippen molar-refractivity contribution in [1.29, 1.82) is 0 Å². The number of allylic oxidation sites excluding steroid dienone is 3. The predicted octanol–water partition coefficient (Wildman–Crippen LogP) is 4.74. The first-order valence-electron chi connectivity index (χ1n) is 12.4. The van der Waals surface area contributed by atoms with Crippen molar-refractivity contribution in [2.45, 2.75) is 50.5 Å². The van der Waals surface area contributed by atoms with E-state index in [-0.39, 0.29) is 10.6 Å². The van der Waals surface area contributed by atoms with Crippen LogP contribution < -0.4 is 0 Å². The summed E-state index contributed by atoms with van der Waals surface area (Å²) >= 11 is 0. The highest BCUT2D eigenvalue weighted by Crippen LogP contribution is 2.48. The molecule has 172 valence electrons. The van der Waals surface area contributed by atoms with Gasteiger partial charge in [-0.2, -0.15) is 0 Å². The summed E-state index contributed by atoms with van der Waals surface area (Å²) in [6.07, 6.45) is 14.3. The van der Waals surface area contributed by atoms with E-state index in [1.54, 1.807) is 12.1 Å². The number of nitro benzene ring substituents is 1. The van der Waals surface area contributed by atoms with Crippen LogP contribution in [0.5, 0.6) is 0 Å². The zero-order valence-corrected chi connectivity index (χ0v) is 18.9. The van der Waals surface area contributed by atoms with Crippen LogP contribution in [0.2, 0.25) is 0 Å². The smallest absolute Gasteiger partial charge is 0.269 e. The maximum atomic E-state index is 11.1. The summed E-state index contributed by atoms with van der Waals surface area (Å²) in [5.74, 6) is 2.18. The lowest BCUT2D eigenvalue weighted by molar-refractivity contribution is -0.384. The summed E-state index contributed by atoms with van der Waals surface area (Å²) in [6, 6.07) is 7.82. The molecule has 6 heteroatoms. The second-order valence-electron chi connectivity index (χ2n) is 9.82. The van der Waals surface area contributed by atoms with Gasteiger partial charge >= 0.3 is 0 Å². The lowest BCUT2D eigenvalue weighted by Gasteiger charge is -2.47. The fraction of sp³-hybridized carbons (Fsp3) is 0.615. The van der Waals surface area contributed by atoms with Crippen LogP contribution >= 0.6 is 0 Å². The maximum absolute atomic E-state index is 11.1. The Morgan fingerprint density at radius 1 is 1.06 bits per heavy atom. The highest BCUT2D eigenvalue weighted by atomic mass is 16.6. The molecule has 2 unspecified atom stereocenters. The minimum absolute atomic E-state index is 0.161. The topological polar surface area (TPSA) is 58.9 Å². The van der Waals surface area contributed by atoms with Crippen molar-refractivity contribution in [3.8, 4) is 0 Å². The van der Waals surface area contributed by atoms with Gasteiger partial charge in [-0.3, -0.25) is 15.0 Å².